The number of ether oxygens (including phenoxy) is 7. The average Bonchev–Trinajstić information content (AvgIpc) is 2.98. The molecule has 252 valence electrons. The average molecular weight is 631 g/mol. The Morgan fingerprint density at radius 1 is 0.419 bits per heavy atom. The summed E-state index contributed by atoms with van der Waals surface area (Å²) in [4.78, 5) is 0. The number of hydrogen-bond acceptors (Lipinski definition) is 17. The molecule has 0 aromatic rings. The van der Waals surface area contributed by atoms with Crippen molar-refractivity contribution in [1.82, 2.24) is 0 Å². The number of hydrogen-bond donors (Lipinski definition) is 10. The fourth-order valence-electron chi connectivity index (χ4n) is 5.80. The van der Waals surface area contributed by atoms with Crippen molar-refractivity contribution >= 4 is 0 Å². The van der Waals surface area contributed by atoms with Gasteiger partial charge in [0.25, 0.3) is 0 Å². The van der Waals surface area contributed by atoms with Crippen LogP contribution in [0.5, 0.6) is 0 Å². The van der Waals surface area contributed by atoms with Crippen molar-refractivity contribution in [3.05, 3.63) is 0 Å². The SMILES string of the molecule is CC1OC(CO)[C@@H](O[C@@H]2OC(CO)[C@H](O)[C@H](O)C2O[C@@H]2OC(C)[C@@H](O)[C@H](O)C2O)[C@H](O[C@@H]2OC(C)[C@@H](O)[C@H](O)C2O)C1C. The van der Waals surface area contributed by atoms with Crippen molar-refractivity contribution in [2.75, 3.05) is 13.2 Å². The molecule has 4 rings (SSSR count). The molecule has 0 aromatic heterocycles. The zero-order valence-corrected chi connectivity index (χ0v) is 24.3. The van der Waals surface area contributed by atoms with Crippen molar-refractivity contribution in [3.63, 3.8) is 0 Å². The highest BCUT2D eigenvalue weighted by molar-refractivity contribution is 4.97. The molecule has 0 saturated carbocycles. The predicted octanol–water partition coefficient (Wildman–Crippen LogP) is -5.35. The first-order valence-electron chi connectivity index (χ1n) is 14.5. The molecule has 0 spiro atoms. The minimum absolute atomic E-state index is 0.504. The summed E-state index contributed by atoms with van der Waals surface area (Å²) in [7, 11) is 0. The molecule has 20 atom stereocenters. The normalized spacial score (nSPS) is 54.8. The molecule has 17 heteroatoms. The molecule has 0 bridgehead atoms. The maximum Gasteiger partial charge on any atom is 0.187 e. The Kier molecular flexibility index (Phi) is 11.8. The van der Waals surface area contributed by atoms with Gasteiger partial charge in [0, 0.05) is 5.92 Å². The molecule has 0 aromatic carbocycles. The molecule has 43 heavy (non-hydrogen) atoms. The molecule has 4 aliphatic heterocycles. The lowest BCUT2D eigenvalue weighted by atomic mass is 9.88. The molecular weight excluding hydrogens is 584 g/mol. The molecule has 4 fully saturated rings. The highest BCUT2D eigenvalue weighted by Crippen LogP contribution is 2.37. The van der Waals surface area contributed by atoms with E-state index in [0.29, 0.717) is 0 Å². The van der Waals surface area contributed by atoms with Crippen molar-refractivity contribution in [2.24, 2.45) is 5.92 Å². The van der Waals surface area contributed by atoms with E-state index in [2.05, 4.69) is 0 Å². The molecule has 0 aliphatic carbocycles. The first kappa shape index (κ1) is 35.2. The van der Waals surface area contributed by atoms with E-state index in [-0.39, 0.29) is 0 Å². The van der Waals surface area contributed by atoms with E-state index in [0.717, 1.165) is 0 Å². The van der Waals surface area contributed by atoms with Crippen LogP contribution in [-0.4, -0.2) is 181 Å². The second-order valence-corrected chi connectivity index (χ2v) is 11.8. The molecule has 9 unspecified atom stereocenters. The standard InChI is InChI=1S/C26H46O17/c1-7-8(2)37-12(6-28)22(21(7)41-24-19(35)16(32)13(29)9(3)38-24)42-26-23(18(34)15(31)11(5-27)40-26)43-25-20(36)17(33)14(30)10(4)39-25/h7-36H,5-6H2,1-4H3/t7?,8?,9?,10?,11?,12?,13-,14-,15+,16+,17+,18+,19?,20?,21-,22-,23?,24+,25+,26+/m1/s1. The van der Waals surface area contributed by atoms with Crippen molar-refractivity contribution in [1.29, 1.82) is 0 Å². The minimum atomic E-state index is -1.79. The summed E-state index contributed by atoms with van der Waals surface area (Å²) >= 11 is 0. The van der Waals surface area contributed by atoms with Gasteiger partial charge in [-0.15, -0.1) is 0 Å². The molecule has 0 amide bonds. The smallest absolute Gasteiger partial charge is 0.187 e. The molecule has 4 saturated heterocycles. The second kappa shape index (κ2) is 14.4. The monoisotopic (exact) mass is 630 g/mol. The Hall–Kier alpha value is -0.680. The van der Waals surface area contributed by atoms with Crippen LogP contribution in [0.1, 0.15) is 27.7 Å². The fourth-order valence-corrected chi connectivity index (χ4v) is 5.80. The summed E-state index contributed by atoms with van der Waals surface area (Å²) < 4.78 is 40.8. The lowest BCUT2D eigenvalue weighted by molar-refractivity contribution is -0.388. The Bertz CT molecular complexity index is 885. The van der Waals surface area contributed by atoms with E-state index in [1.807, 2.05) is 0 Å². The van der Waals surface area contributed by atoms with E-state index in [9.17, 15) is 51.1 Å². The van der Waals surface area contributed by atoms with E-state index in [1.165, 1.54) is 13.8 Å². The highest BCUT2D eigenvalue weighted by atomic mass is 16.8. The first-order chi connectivity index (χ1) is 20.2. The third-order valence-electron chi connectivity index (χ3n) is 8.83. The van der Waals surface area contributed by atoms with Gasteiger partial charge in [-0.3, -0.25) is 0 Å². The topological polar surface area (TPSA) is 267 Å². The van der Waals surface area contributed by atoms with Gasteiger partial charge >= 0.3 is 0 Å². The zero-order chi connectivity index (χ0) is 31.9. The largest absolute Gasteiger partial charge is 0.394 e. The van der Waals surface area contributed by atoms with Crippen LogP contribution < -0.4 is 0 Å². The van der Waals surface area contributed by atoms with Gasteiger partial charge in [0.15, 0.2) is 18.9 Å². The Morgan fingerprint density at radius 2 is 0.884 bits per heavy atom. The van der Waals surface area contributed by atoms with E-state index < -0.39 is 136 Å². The third-order valence-corrected chi connectivity index (χ3v) is 8.83. The van der Waals surface area contributed by atoms with Crippen molar-refractivity contribution in [2.45, 2.75) is 144 Å². The molecular formula is C26H46O17. The Balaban J connectivity index is 1.62. The fraction of sp³-hybridized carbons (Fsp3) is 1.00. The Morgan fingerprint density at radius 3 is 1.37 bits per heavy atom. The van der Waals surface area contributed by atoms with Crippen LogP contribution in [0.2, 0.25) is 0 Å². The van der Waals surface area contributed by atoms with Crippen molar-refractivity contribution < 1.29 is 84.2 Å². The highest BCUT2D eigenvalue weighted by Gasteiger charge is 2.54. The molecule has 10 N–H and O–H groups in total. The lowest BCUT2D eigenvalue weighted by Gasteiger charge is -2.50. The summed E-state index contributed by atoms with van der Waals surface area (Å²) in [5.74, 6) is -0.504. The zero-order valence-electron chi connectivity index (χ0n) is 24.3. The predicted molar refractivity (Wildman–Crippen MR) is 138 cm³/mol. The van der Waals surface area contributed by atoms with Gasteiger partial charge in [0.1, 0.15) is 73.2 Å². The van der Waals surface area contributed by atoms with Crippen LogP contribution in [0.25, 0.3) is 0 Å². The quantitative estimate of drug-likeness (QED) is 0.120. The van der Waals surface area contributed by atoms with Crippen LogP contribution in [0.3, 0.4) is 0 Å². The van der Waals surface area contributed by atoms with Crippen LogP contribution in [0.15, 0.2) is 0 Å². The van der Waals surface area contributed by atoms with Crippen LogP contribution >= 0.6 is 0 Å². The molecule has 4 aliphatic rings. The number of aliphatic hydroxyl groups is 10. The first-order valence-corrected chi connectivity index (χ1v) is 14.5. The molecule has 17 nitrogen and oxygen atoms in total. The van der Waals surface area contributed by atoms with Gasteiger partial charge in [-0.25, -0.2) is 0 Å². The van der Waals surface area contributed by atoms with E-state index >= 15 is 0 Å². The van der Waals surface area contributed by atoms with Crippen molar-refractivity contribution in [3.8, 4) is 0 Å². The summed E-state index contributed by atoms with van der Waals surface area (Å²) in [5.41, 5.74) is 0. The van der Waals surface area contributed by atoms with Gasteiger partial charge in [0.05, 0.1) is 37.6 Å². The number of rotatable bonds is 8. The maximum absolute atomic E-state index is 11.0. The van der Waals surface area contributed by atoms with E-state index in [4.69, 9.17) is 33.2 Å². The summed E-state index contributed by atoms with van der Waals surface area (Å²) in [6, 6.07) is 0. The third kappa shape index (κ3) is 7.03. The van der Waals surface area contributed by atoms with Crippen LogP contribution in [0, 0.1) is 5.92 Å². The molecule has 0 radical (unpaired) electrons. The summed E-state index contributed by atoms with van der Waals surface area (Å²) in [5, 5.41) is 103. The van der Waals surface area contributed by atoms with Gasteiger partial charge in [-0.1, -0.05) is 6.92 Å². The Labute approximate surface area is 248 Å². The van der Waals surface area contributed by atoms with Gasteiger partial charge in [0.2, 0.25) is 0 Å². The van der Waals surface area contributed by atoms with Gasteiger partial charge < -0.3 is 84.2 Å². The second-order valence-electron chi connectivity index (χ2n) is 11.8. The maximum atomic E-state index is 11.0. The van der Waals surface area contributed by atoms with Crippen LogP contribution in [-0.2, 0) is 33.2 Å². The summed E-state index contributed by atoms with van der Waals surface area (Å²) in [6.45, 7) is 5.01. The van der Waals surface area contributed by atoms with Gasteiger partial charge in [-0.2, -0.15) is 0 Å². The summed E-state index contributed by atoms with van der Waals surface area (Å²) in [6.07, 6.45) is -26.5. The lowest BCUT2D eigenvalue weighted by Crippen LogP contribution is -2.66. The number of aliphatic hydroxyl groups excluding tert-OH is 10. The van der Waals surface area contributed by atoms with E-state index in [1.54, 1.807) is 13.8 Å². The van der Waals surface area contributed by atoms with Gasteiger partial charge in [-0.05, 0) is 20.8 Å². The van der Waals surface area contributed by atoms with Crippen LogP contribution in [0.4, 0.5) is 0 Å². The minimum Gasteiger partial charge on any atom is -0.394 e. The molecule has 4 heterocycles.